The summed E-state index contributed by atoms with van der Waals surface area (Å²) in [5.74, 6) is 0. The standard InChI is InChI=1S/C14H23NO/c1-2-3-4-5-6-13-7-9-14(10-8-13)15-11-12-16/h7-10,15-16H,2-6,11-12H2,1H3. The second-order valence-electron chi connectivity index (χ2n) is 4.16. The van der Waals surface area contributed by atoms with E-state index in [1.165, 1.54) is 37.7 Å². The molecule has 0 spiro atoms. The van der Waals surface area contributed by atoms with Gasteiger partial charge >= 0.3 is 0 Å². The van der Waals surface area contributed by atoms with Gasteiger partial charge in [-0.25, -0.2) is 0 Å². The Bertz CT molecular complexity index is 269. The molecule has 0 radical (unpaired) electrons. The topological polar surface area (TPSA) is 32.3 Å². The second-order valence-corrected chi connectivity index (χ2v) is 4.16. The Labute approximate surface area is 98.7 Å². The molecular formula is C14H23NO. The van der Waals surface area contributed by atoms with Crippen LogP contribution >= 0.6 is 0 Å². The van der Waals surface area contributed by atoms with Crippen molar-refractivity contribution in [2.24, 2.45) is 0 Å². The van der Waals surface area contributed by atoms with Crippen LogP contribution in [0.25, 0.3) is 0 Å². The predicted octanol–water partition coefficient (Wildman–Crippen LogP) is 3.21. The SMILES string of the molecule is CCCCCCc1ccc(NCCO)cc1. The molecule has 0 aromatic heterocycles. The Morgan fingerprint density at radius 2 is 1.81 bits per heavy atom. The quantitative estimate of drug-likeness (QED) is 0.661. The van der Waals surface area contributed by atoms with E-state index in [4.69, 9.17) is 5.11 Å². The molecule has 1 aromatic carbocycles. The van der Waals surface area contributed by atoms with Gasteiger partial charge in [0.1, 0.15) is 0 Å². The van der Waals surface area contributed by atoms with Gasteiger partial charge < -0.3 is 10.4 Å². The molecular weight excluding hydrogens is 198 g/mol. The van der Waals surface area contributed by atoms with Crippen LogP contribution in [0, 0.1) is 0 Å². The smallest absolute Gasteiger partial charge is 0.0604 e. The first-order valence-electron chi connectivity index (χ1n) is 6.30. The molecule has 2 heteroatoms. The van der Waals surface area contributed by atoms with Gasteiger partial charge in [-0.1, -0.05) is 38.3 Å². The highest BCUT2D eigenvalue weighted by Crippen LogP contribution is 2.12. The van der Waals surface area contributed by atoms with Crippen LogP contribution < -0.4 is 5.32 Å². The molecule has 1 aromatic rings. The number of benzene rings is 1. The molecule has 0 saturated heterocycles. The van der Waals surface area contributed by atoms with Crippen molar-refractivity contribution < 1.29 is 5.11 Å². The van der Waals surface area contributed by atoms with Crippen molar-refractivity contribution in [3.8, 4) is 0 Å². The molecule has 0 aliphatic rings. The number of nitrogens with one attached hydrogen (secondary N) is 1. The average molecular weight is 221 g/mol. The Morgan fingerprint density at radius 3 is 2.44 bits per heavy atom. The highest BCUT2D eigenvalue weighted by atomic mass is 16.3. The summed E-state index contributed by atoms with van der Waals surface area (Å²) < 4.78 is 0. The van der Waals surface area contributed by atoms with Gasteiger partial charge in [0.05, 0.1) is 6.61 Å². The molecule has 0 aliphatic carbocycles. The van der Waals surface area contributed by atoms with Crippen LogP contribution in [0.4, 0.5) is 5.69 Å². The van der Waals surface area contributed by atoms with Crippen molar-refractivity contribution in [1.29, 1.82) is 0 Å². The van der Waals surface area contributed by atoms with E-state index in [1.54, 1.807) is 0 Å². The number of aliphatic hydroxyl groups is 1. The number of hydrogen-bond acceptors (Lipinski definition) is 2. The molecule has 2 nitrogen and oxygen atoms in total. The number of hydrogen-bond donors (Lipinski definition) is 2. The zero-order valence-electron chi connectivity index (χ0n) is 10.2. The van der Waals surface area contributed by atoms with Crippen molar-refractivity contribution >= 4 is 5.69 Å². The monoisotopic (exact) mass is 221 g/mol. The Balaban J connectivity index is 2.27. The van der Waals surface area contributed by atoms with Gasteiger partial charge in [-0.05, 0) is 30.5 Å². The maximum Gasteiger partial charge on any atom is 0.0604 e. The largest absolute Gasteiger partial charge is 0.395 e. The van der Waals surface area contributed by atoms with E-state index < -0.39 is 0 Å². The van der Waals surface area contributed by atoms with Crippen molar-refractivity contribution in [1.82, 2.24) is 0 Å². The maximum absolute atomic E-state index is 8.69. The molecule has 90 valence electrons. The first kappa shape index (κ1) is 13.0. The lowest BCUT2D eigenvalue weighted by molar-refractivity contribution is 0.311. The Hall–Kier alpha value is -1.02. The van der Waals surface area contributed by atoms with Crippen molar-refractivity contribution in [3.05, 3.63) is 29.8 Å². The summed E-state index contributed by atoms with van der Waals surface area (Å²) in [7, 11) is 0. The lowest BCUT2D eigenvalue weighted by Gasteiger charge is -2.06. The summed E-state index contributed by atoms with van der Waals surface area (Å²) >= 11 is 0. The minimum atomic E-state index is 0.179. The van der Waals surface area contributed by atoms with E-state index in [2.05, 4.69) is 36.5 Å². The van der Waals surface area contributed by atoms with Crippen LogP contribution in [0.15, 0.2) is 24.3 Å². The first-order valence-corrected chi connectivity index (χ1v) is 6.30. The fourth-order valence-corrected chi connectivity index (χ4v) is 1.75. The summed E-state index contributed by atoms with van der Waals surface area (Å²) in [4.78, 5) is 0. The minimum absolute atomic E-state index is 0.179. The van der Waals surface area contributed by atoms with Gasteiger partial charge in [-0.15, -0.1) is 0 Å². The van der Waals surface area contributed by atoms with Gasteiger partial charge in [0.25, 0.3) is 0 Å². The van der Waals surface area contributed by atoms with E-state index >= 15 is 0 Å². The molecule has 0 bridgehead atoms. The van der Waals surface area contributed by atoms with Crippen molar-refractivity contribution in [2.45, 2.75) is 39.0 Å². The van der Waals surface area contributed by atoms with Crippen LogP contribution in [-0.2, 0) is 6.42 Å². The average Bonchev–Trinajstić information content (AvgIpc) is 2.33. The van der Waals surface area contributed by atoms with Crippen LogP contribution in [0.3, 0.4) is 0 Å². The molecule has 0 saturated carbocycles. The zero-order chi connectivity index (χ0) is 11.6. The van der Waals surface area contributed by atoms with Crippen molar-refractivity contribution in [3.63, 3.8) is 0 Å². The number of aliphatic hydroxyl groups excluding tert-OH is 1. The third-order valence-electron chi connectivity index (χ3n) is 2.71. The number of unbranched alkanes of at least 4 members (excludes halogenated alkanes) is 3. The van der Waals surface area contributed by atoms with Gasteiger partial charge in [-0.2, -0.15) is 0 Å². The number of anilines is 1. The van der Waals surface area contributed by atoms with Gasteiger partial charge in [-0.3, -0.25) is 0 Å². The maximum atomic E-state index is 8.69. The summed E-state index contributed by atoms with van der Waals surface area (Å²) in [6.45, 7) is 3.04. The summed E-state index contributed by atoms with van der Waals surface area (Å²) in [6, 6.07) is 8.52. The first-order chi connectivity index (χ1) is 7.86. The molecule has 0 amide bonds. The van der Waals surface area contributed by atoms with Crippen LogP contribution in [0.1, 0.15) is 38.2 Å². The highest BCUT2D eigenvalue weighted by Gasteiger charge is 1.94. The van der Waals surface area contributed by atoms with E-state index in [1.807, 2.05) is 0 Å². The normalized spacial score (nSPS) is 10.4. The van der Waals surface area contributed by atoms with Crippen LogP contribution in [0.2, 0.25) is 0 Å². The lowest BCUT2D eigenvalue weighted by atomic mass is 10.1. The van der Waals surface area contributed by atoms with Crippen molar-refractivity contribution in [2.75, 3.05) is 18.5 Å². The molecule has 2 N–H and O–H groups in total. The van der Waals surface area contributed by atoms with Gasteiger partial charge in [0, 0.05) is 12.2 Å². The third-order valence-corrected chi connectivity index (χ3v) is 2.71. The van der Waals surface area contributed by atoms with Gasteiger partial charge in [0.2, 0.25) is 0 Å². The van der Waals surface area contributed by atoms with Crippen LogP contribution in [0.5, 0.6) is 0 Å². The number of aryl methyl sites for hydroxylation is 1. The molecule has 1 rings (SSSR count). The fourth-order valence-electron chi connectivity index (χ4n) is 1.75. The van der Waals surface area contributed by atoms with E-state index in [0.29, 0.717) is 6.54 Å². The van der Waals surface area contributed by atoms with Gasteiger partial charge in [0.15, 0.2) is 0 Å². The summed E-state index contributed by atoms with van der Waals surface area (Å²) in [5.41, 5.74) is 2.50. The summed E-state index contributed by atoms with van der Waals surface area (Å²) in [6.07, 6.45) is 6.44. The molecule has 0 heterocycles. The Kier molecular flexibility index (Phi) is 6.66. The molecule has 0 unspecified atom stereocenters. The van der Waals surface area contributed by atoms with E-state index in [-0.39, 0.29) is 6.61 Å². The Morgan fingerprint density at radius 1 is 1.06 bits per heavy atom. The second kappa shape index (κ2) is 8.17. The van der Waals surface area contributed by atoms with Crippen LogP contribution in [-0.4, -0.2) is 18.3 Å². The molecule has 0 atom stereocenters. The molecule has 0 aliphatic heterocycles. The van der Waals surface area contributed by atoms with E-state index in [0.717, 1.165) is 5.69 Å². The third kappa shape index (κ3) is 5.17. The fraction of sp³-hybridized carbons (Fsp3) is 0.571. The van der Waals surface area contributed by atoms with E-state index in [9.17, 15) is 0 Å². The number of rotatable bonds is 8. The molecule has 0 fully saturated rings. The minimum Gasteiger partial charge on any atom is -0.395 e. The lowest BCUT2D eigenvalue weighted by Crippen LogP contribution is -2.05. The summed E-state index contributed by atoms with van der Waals surface area (Å²) in [5, 5.41) is 11.8. The zero-order valence-corrected chi connectivity index (χ0v) is 10.2. The molecule has 16 heavy (non-hydrogen) atoms. The highest BCUT2D eigenvalue weighted by molar-refractivity contribution is 5.44. The predicted molar refractivity (Wildman–Crippen MR) is 69.9 cm³/mol.